The van der Waals surface area contributed by atoms with Crippen molar-refractivity contribution < 1.29 is 4.79 Å². The van der Waals surface area contributed by atoms with E-state index in [9.17, 15) is 9.59 Å². The third-order valence-electron chi connectivity index (χ3n) is 6.12. The van der Waals surface area contributed by atoms with Gasteiger partial charge in [0.1, 0.15) is 17.9 Å². The van der Waals surface area contributed by atoms with E-state index >= 15 is 0 Å². The molecule has 2 aromatic heterocycles. The van der Waals surface area contributed by atoms with E-state index in [-0.39, 0.29) is 18.0 Å². The predicted octanol–water partition coefficient (Wildman–Crippen LogP) is 5.17. The number of nitrogens with one attached hydrogen (secondary N) is 1. The molecule has 0 aliphatic heterocycles. The van der Waals surface area contributed by atoms with Crippen LogP contribution in [0.4, 0.5) is 0 Å². The van der Waals surface area contributed by atoms with Crippen molar-refractivity contribution in [3.05, 3.63) is 117 Å². The summed E-state index contributed by atoms with van der Waals surface area (Å²) in [6.07, 6.45) is 0.668. The van der Waals surface area contributed by atoms with Gasteiger partial charge in [-0.3, -0.25) is 14.2 Å². The monoisotopic (exact) mass is 496 g/mol. The summed E-state index contributed by atoms with van der Waals surface area (Å²) in [7, 11) is 0. The van der Waals surface area contributed by atoms with Crippen LogP contribution in [0.25, 0.3) is 28.0 Å². The van der Waals surface area contributed by atoms with Crippen molar-refractivity contribution in [2.24, 2.45) is 0 Å². The van der Waals surface area contributed by atoms with Crippen molar-refractivity contribution >= 4 is 28.5 Å². The molecule has 7 heteroatoms. The van der Waals surface area contributed by atoms with Crippen LogP contribution in [0.3, 0.4) is 0 Å². The normalized spacial score (nSPS) is 11.1. The smallest absolute Gasteiger partial charge is 0.252 e. The molecule has 0 aliphatic rings. The molecule has 0 unspecified atom stereocenters. The Morgan fingerprint density at radius 3 is 2.31 bits per heavy atom. The first kappa shape index (κ1) is 23.6. The molecule has 2 heterocycles. The second-order valence-corrected chi connectivity index (χ2v) is 9.08. The minimum atomic E-state index is -0.246. The highest BCUT2D eigenvalue weighted by atomic mass is 35.5. The summed E-state index contributed by atoms with van der Waals surface area (Å²) in [5.41, 5.74) is 4.76. The number of amides is 1. The van der Waals surface area contributed by atoms with Crippen LogP contribution < -0.4 is 10.9 Å². The molecule has 36 heavy (non-hydrogen) atoms. The number of halogens is 1. The lowest BCUT2D eigenvalue weighted by molar-refractivity contribution is -0.121. The van der Waals surface area contributed by atoms with Crippen LogP contribution >= 0.6 is 11.6 Å². The second-order valence-electron chi connectivity index (χ2n) is 8.64. The summed E-state index contributed by atoms with van der Waals surface area (Å²) in [6, 6.07) is 28.6. The SMILES string of the molecule is Cc1cc(=O)n(CC(=O)NCCc2ccc(Cl)cc2)c2c1c(-c1ccccc1)nn2-c1ccccc1. The molecule has 0 fully saturated rings. The van der Waals surface area contributed by atoms with Crippen molar-refractivity contribution in [3.8, 4) is 16.9 Å². The quantitative estimate of drug-likeness (QED) is 0.338. The number of para-hydroxylation sites is 1. The standard InChI is InChI=1S/C29H25ClN4O2/c1-20-18-26(36)33(19-25(35)31-17-16-21-12-14-23(30)15-13-21)29-27(20)28(22-8-4-2-5-9-22)32-34(29)24-10-6-3-7-11-24/h2-15,18H,16-17,19H2,1H3,(H,31,35). The van der Waals surface area contributed by atoms with Crippen LogP contribution in [-0.4, -0.2) is 26.8 Å². The summed E-state index contributed by atoms with van der Waals surface area (Å²) < 4.78 is 3.26. The minimum Gasteiger partial charge on any atom is -0.354 e. The summed E-state index contributed by atoms with van der Waals surface area (Å²) in [5.74, 6) is -0.238. The van der Waals surface area contributed by atoms with E-state index in [1.54, 1.807) is 10.7 Å². The van der Waals surface area contributed by atoms with Crippen molar-refractivity contribution in [3.63, 3.8) is 0 Å². The Kier molecular flexibility index (Phi) is 6.69. The van der Waals surface area contributed by atoms with Gasteiger partial charge in [0.05, 0.1) is 5.69 Å². The zero-order valence-corrected chi connectivity index (χ0v) is 20.6. The predicted molar refractivity (Wildman–Crippen MR) is 144 cm³/mol. The molecule has 1 amide bonds. The van der Waals surface area contributed by atoms with Crippen molar-refractivity contribution in [1.29, 1.82) is 0 Å². The van der Waals surface area contributed by atoms with E-state index in [1.807, 2.05) is 91.9 Å². The molecule has 3 aromatic carbocycles. The first-order valence-corrected chi connectivity index (χ1v) is 12.1. The van der Waals surface area contributed by atoms with E-state index in [1.165, 1.54) is 4.57 Å². The Morgan fingerprint density at radius 2 is 1.61 bits per heavy atom. The molecule has 0 saturated heterocycles. The van der Waals surface area contributed by atoms with Gasteiger partial charge in [-0.25, -0.2) is 4.68 Å². The Labute approximate surface area is 213 Å². The number of nitrogens with zero attached hydrogens (tertiary/aromatic N) is 3. The fraction of sp³-hybridized carbons (Fsp3) is 0.138. The van der Waals surface area contributed by atoms with Gasteiger partial charge in [0, 0.05) is 28.6 Å². The highest BCUT2D eigenvalue weighted by Crippen LogP contribution is 2.31. The van der Waals surface area contributed by atoms with Gasteiger partial charge in [0.2, 0.25) is 5.91 Å². The highest BCUT2D eigenvalue weighted by Gasteiger charge is 2.21. The summed E-state index contributed by atoms with van der Waals surface area (Å²) in [4.78, 5) is 26.1. The number of aryl methyl sites for hydroxylation is 1. The van der Waals surface area contributed by atoms with Gasteiger partial charge in [0.15, 0.2) is 0 Å². The van der Waals surface area contributed by atoms with Crippen LogP contribution in [-0.2, 0) is 17.8 Å². The summed E-state index contributed by atoms with van der Waals surface area (Å²) in [5, 5.41) is 9.38. The number of carbonyl (C=O) groups is 1. The fourth-order valence-electron chi connectivity index (χ4n) is 4.36. The van der Waals surface area contributed by atoms with Gasteiger partial charge >= 0.3 is 0 Å². The average Bonchev–Trinajstić information content (AvgIpc) is 3.30. The molecular weight excluding hydrogens is 472 g/mol. The zero-order valence-electron chi connectivity index (χ0n) is 19.8. The van der Waals surface area contributed by atoms with E-state index in [0.29, 0.717) is 23.6 Å². The van der Waals surface area contributed by atoms with Gasteiger partial charge in [-0.1, -0.05) is 72.3 Å². The third-order valence-corrected chi connectivity index (χ3v) is 6.37. The Bertz CT molecular complexity index is 1570. The molecule has 0 bridgehead atoms. The summed E-state index contributed by atoms with van der Waals surface area (Å²) in [6.45, 7) is 2.25. The highest BCUT2D eigenvalue weighted by molar-refractivity contribution is 6.30. The minimum absolute atomic E-state index is 0.108. The molecule has 0 radical (unpaired) electrons. The van der Waals surface area contributed by atoms with Gasteiger partial charge in [-0.15, -0.1) is 0 Å². The molecule has 6 nitrogen and oxygen atoms in total. The maximum Gasteiger partial charge on any atom is 0.252 e. The Hall–Kier alpha value is -4.16. The molecule has 0 atom stereocenters. The second kappa shape index (κ2) is 10.2. The molecule has 5 rings (SSSR count). The number of hydrogen-bond donors (Lipinski definition) is 1. The lowest BCUT2D eigenvalue weighted by Crippen LogP contribution is -2.34. The molecular formula is C29H25ClN4O2. The van der Waals surface area contributed by atoms with Crippen molar-refractivity contribution in [1.82, 2.24) is 19.7 Å². The van der Waals surface area contributed by atoms with E-state index in [2.05, 4.69) is 5.32 Å². The lowest BCUT2D eigenvalue weighted by atomic mass is 10.1. The van der Waals surface area contributed by atoms with Crippen LogP contribution in [0, 0.1) is 6.92 Å². The van der Waals surface area contributed by atoms with E-state index < -0.39 is 0 Å². The number of hydrogen-bond acceptors (Lipinski definition) is 3. The number of rotatable bonds is 7. The maximum absolute atomic E-state index is 13.2. The van der Waals surface area contributed by atoms with Gasteiger partial charge < -0.3 is 5.32 Å². The van der Waals surface area contributed by atoms with Crippen molar-refractivity contribution in [2.45, 2.75) is 19.9 Å². The number of benzene rings is 3. The topological polar surface area (TPSA) is 68.9 Å². The molecule has 5 aromatic rings. The summed E-state index contributed by atoms with van der Waals surface area (Å²) >= 11 is 5.95. The lowest BCUT2D eigenvalue weighted by Gasteiger charge is -2.12. The van der Waals surface area contributed by atoms with E-state index in [0.717, 1.165) is 33.5 Å². The first-order chi connectivity index (χ1) is 17.5. The van der Waals surface area contributed by atoms with Crippen LogP contribution in [0.15, 0.2) is 95.8 Å². The molecule has 0 aliphatic carbocycles. The first-order valence-electron chi connectivity index (χ1n) is 11.8. The van der Waals surface area contributed by atoms with Crippen LogP contribution in [0.5, 0.6) is 0 Å². The maximum atomic E-state index is 13.2. The number of pyridine rings is 1. The number of fused-ring (bicyclic) bond motifs is 1. The average molecular weight is 497 g/mol. The van der Waals surface area contributed by atoms with Gasteiger partial charge in [0.25, 0.3) is 5.56 Å². The molecule has 180 valence electrons. The molecule has 1 N–H and O–H groups in total. The van der Waals surface area contributed by atoms with E-state index in [4.69, 9.17) is 16.7 Å². The van der Waals surface area contributed by atoms with Crippen LogP contribution in [0.1, 0.15) is 11.1 Å². The zero-order chi connectivity index (χ0) is 25.1. The Balaban J connectivity index is 1.53. The fourth-order valence-corrected chi connectivity index (χ4v) is 4.48. The number of carbonyl (C=O) groups excluding carboxylic acids is 1. The van der Waals surface area contributed by atoms with Crippen molar-refractivity contribution in [2.75, 3.05) is 6.54 Å². The Morgan fingerprint density at radius 1 is 0.944 bits per heavy atom. The molecule has 0 spiro atoms. The van der Waals surface area contributed by atoms with Gasteiger partial charge in [-0.05, 0) is 48.7 Å². The molecule has 0 saturated carbocycles. The number of aromatic nitrogens is 3. The van der Waals surface area contributed by atoms with Gasteiger partial charge in [-0.2, -0.15) is 5.10 Å². The largest absolute Gasteiger partial charge is 0.354 e. The van der Waals surface area contributed by atoms with Crippen LogP contribution in [0.2, 0.25) is 5.02 Å². The third kappa shape index (κ3) is 4.81.